The van der Waals surface area contributed by atoms with E-state index in [9.17, 15) is 9.18 Å². The molecule has 1 unspecified atom stereocenters. The molecule has 0 aliphatic carbocycles. The van der Waals surface area contributed by atoms with Gasteiger partial charge in [-0.3, -0.25) is 4.79 Å². The minimum Gasteiger partial charge on any atom is -0.399 e. The van der Waals surface area contributed by atoms with Crippen molar-refractivity contribution in [3.8, 4) is 0 Å². The van der Waals surface area contributed by atoms with Gasteiger partial charge in [0.1, 0.15) is 5.82 Å². The van der Waals surface area contributed by atoms with E-state index in [1.165, 1.54) is 6.07 Å². The maximum atomic E-state index is 14.3. The molecule has 4 heteroatoms. The molecule has 0 radical (unpaired) electrons. The van der Waals surface area contributed by atoms with Crippen LogP contribution in [-0.4, -0.2) is 10.4 Å². The Morgan fingerprint density at radius 3 is 2.44 bits per heavy atom. The summed E-state index contributed by atoms with van der Waals surface area (Å²) in [5.41, 5.74) is 9.65. The Balaban J connectivity index is 2.04. The predicted octanol–water partition coefficient (Wildman–Crippen LogP) is 4.44. The number of benzene rings is 2. The lowest BCUT2D eigenvalue weighted by atomic mass is 9.96. The first kappa shape index (κ1) is 17.0. The van der Waals surface area contributed by atoms with Crippen molar-refractivity contribution in [3.05, 3.63) is 88.5 Å². The van der Waals surface area contributed by atoms with Gasteiger partial charge in [-0.25, -0.2) is 4.39 Å². The summed E-state index contributed by atoms with van der Waals surface area (Å²) in [5, 5.41) is 0. The number of aryl methyl sites for hydroxylation is 1. The molecule has 0 fully saturated rings. The van der Waals surface area contributed by atoms with Gasteiger partial charge in [-0.2, -0.15) is 0 Å². The van der Waals surface area contributed by atoms with E-state index in [0.717, 1.165) is 11.3 Å². The summed E-state index contributed by atoms with van der Waals surface area (Å²) in [5.74, 6) is -0.555. The van der Waals surface area contributed by atoms with Crippen LogP contribution in [0.3, 0.4) is 0 Å². The van der Waals surface area contributed by atoms with Crippen LogP contribution in [0.5, 0.6) is 0 Å². The number of anilines is 1. The maximum Gasteiger partial charge on any atom is 0.209 e. The van der Waals surface area contributed by atoms with Gasteiger partial charge in [0.25, 0.3) is 0 Å². The highest BCUT2D eigenvalue weighted by Crippen LogP contribution is 2.30. The number of nitrogens with zero attached hydrogens (tertiary/aromatic N) is 1. The van der Waals surface area contributed by atoms with Crippen LogP contribution in [0.25, 0.3) is 0 Å². The zero-order valence-corrected chi connectivity index (χ0v) is 14.6. The topological polar surface area (TPSA) is 48.0 Å². The third kappa shape index (κ3) is 3.07. The zero-order chi connectivity index (χ0) is 18.1. The average molecular weight is 336 g/mol. The molecule has 1 heterocycles. The number of rotatable bonds is 4. The summed E-state index contributed by atoms with van der Waals surface area (Å²) in [6, 6.07) is 15.9. The molecule has 1 atom stereocenters. The van der Waals surface area contributed by atoms with E-state index in [0.29, 0.717) is 22.5 Å². The second-order valence-electron chi connectivity index (χ2n) is 6.36. The number of halogens is 1. The van der Waals surface area contributed by atoms with E-state index in [4.69, 9.17) is 5.73 Å². The summed E-state index contributed by atoms with van der Waals surface area (Å²) < 4.78 is 16.2. The number of nitrogen functional groups attached to an aromatic ring is 1. The first-order valence-electron chi connectivity index (χ1n) is 8.21. The predicted molar refractivity (Wildman–Crippen MR) is 98.4 cm³/mol. The quantitative estimate of drug-likeness (QED) is 0.566. The second kappa shape index (κ2) is 6.55. The molecule has 2 aromatic carbocycles. The Bertz CT molecular complexity index is 929. The Morgan fingerprint density at radius 1 is 1.12 bits per heavy atom. The summed E-state index contributed by atoms with van der Waals surface area (Å²) in [4.78, 5) is 12.9. The molecule has 0 saturated heterocycles. The second-order valence-corrected chi connectivity index (χ2v) is 6.36. The van der Waals surface area contributed by atoms with Crippen LogP contribution in [-0.2, 0) is 7.05 Å². The highest BCUT2D eigenvalue weighted by molar-refractivity contribution is 6.09. The lowest BCUT2D eigenvalue weighted by Gasteiger charge is -2.16. The van der Waals surface area contributed by atoms with E-state index >= 15 is 0 Å². The highest BCUT2D eigenvalue weighted by atomic mass is 19.1. The molecule has 2 N–H and O–H groups in total. The third-order valence-corrected chi connectivity index (χ3v) is 4.65. The monoisotopic (exact) mass is 336 g/mol. The van der Waals surface area contributed by atoms with Crippen molar-refractivity contribution in [2.24, 2.45) is 7.05 Å². The molecule has 0 saturated carbocycles. The number of carbonyl (C=O) groups excluding carboxylic acids is 1. The molecule has 3 nitrogen and oxygen atoms in total. The largest absolute Gasteiger partial charge is 0.399 e. The smallest absolute Gasteiger partial charge is 0.209 e. The van der Waals surface area contributed by atoms with Gasteiger partial charge in [-0.05, 0) is 36.2 Å². The molecule has 3 aromatic rings. The normalized spacial score (nSPS) is 12.2. The molecule has 0 spiro atoms. The van der Waals surface area contributed by atoms with Gasteiger partial charge in [-0.15, -0.1) is 0 Å². The van der Waals surface area contributed by atoms with Crippen molar-refractivity contribution in [1.82, 2.24) is 4.57 Å². The molecule has 128 valence electrons. The molecule has 3 rings (SSSR count). The van der Waals surface area contributed by atoms with Crippen molar-refractivity contribution in [1.29, 1.82) is 0 Å². The zero-order valence-electron chi connectivity index (χ0n) is 14.6. The van der Waals surface area contributed by atoms with Gasteiger partial charge in [0.2, 0.25) is 5.78 Å². The average Bonchev–Trinajstić information content (AvgIpc) is 2.89. The lowest BCUT2D eigenvalue weighted by Crippen LogP contribution is -2.12. The first-order valence-corrected chi connectivity index (χ1v) is 8.21. The molecule has 25 heavy (non-hydrogen) atoms. The van der Waals surface area contributed by atoms with E-state index in [1.54, 1.807) is 24.3 Å². The van der Waals surface area contributed by atoms with Gasteiger partial charge in [0.15, 0.2) is 0 Å². The first-order chi connectivity index (χ1) is 11.9. The van der Waals surface area contributed by atoms with E-state index < -0.39 is 0 Å². The summed E-state index contributed by atoms with van der Waals surface area (Å²) >= 11 is 0. The molecule has 1 aromatic heterocycles. The molecular weight excluding hydrogens is 315 g/mol. The number of ketones is 1. The Labute approximate surface area is 146 Å². The Hall–Kier alpha value is -2.88. The van der Waals surface area contributed by atoms with Gasteiger partial charge in [-0.1, -0.05) is 43.3 Å². The number of hydrogen-bond donors (Lipinski definition) is 1. The molecule has 0 bridgehead atoms. The number of aromatic nitrogens is 1. The Kier molecular flexibility index (Phi) is 4.45. The van der Waals surface area contributed by atoms with Gasteiger partial charge >= 0.3 is 0 Å². The Morgan fingerprint density at radius 2 is 1.80 bits per heavy atom. The number of carbonyl (C=O) groups is 1. The SMILES string of the molecule is Cc1cc(C(C)c2ccc(N)cc2F)n(C)c1C(=O)c1ccccc1. The molecular formula is C21H21FN2O. The van der Waals surface area contributed by atoms with Crippen molar-refractivity contribution >= 4 is 11.5 Å². The molecule has 0 amide bonds. The van der Waals surface area contributed by atoms with Crippen LogP contribution >= 0.6 is 0 Å². The number of nitrogens with two attached hydrogens (primary N) is 1. The van der Waals surface area contributed by atoms with Crippen LogP contribution in [0, 0.1) is 12.7 Å². The summed E-state index contributed by atoms with van der Waals surface area (Å²) in [6.07, 6.45) is 0. The van der Waals surface area contributed by atoms with Gasteiger partial charge in [0, 0.05) is 29.9 Å². The van der Waals surface area contributed by atoms with Crippen LogP contribution in [0.15, 0.2) is 54.6 Å². The van der Waals surface area contributed by atoms with Crippen LogP contribution in [0.2, 0.25) is 0 Å². The van der Waals surface area contributed by atoms with Crippen LogP contribution in [0.1, 0.15) is 45.7 Å². The maximum absolute atomic E-state index is 14.3. The van der Waals surface area contributed by atoms with Gasteiger partial charge < -0.3 is 10.3 Å². The number of hydrogen-bond acceptors (Lipinski definition) is 2. The van der Waals surface area contributed by atoms with Crippen molar-refractivity contribution in [2.45, 2.75) is 19.8 Å². The minimum absolute atomic E-state index is 0.0307. The van der Waals surface area contributed by atoms with E-state index in [-0.39, 0.29) is 17.5 Å². The highest BCUT2D eigenvalue weighted by Gasteiger charge is 2.23. The fourth-order valence-electron chi connectivity index (χ4n) is 3.31. The minimum atomic E-state index is -0.331. The van der Waals surface area contributed by atoms with E-state index in [2.05, 4.69) is 0 Å². The lowest BCUT2D eigenvalue weighted by molar-refractivity contribution is 0.103. The fraction of sp³-hybridized carbons (Fsp3) is 0.190. The van der Waals surface area contributed by atoms with Gasteiger partial charge in [0.05, 0.1) is 5.69 Å². The van der Waals surface area contributed by atoms with Crippen LogP contribution < -0.4 is 5.73 Å². The van der Waals surface area contributed by atoms with Crippen molar-refractivity contribution in [2.75, 3.05) is 5.73 Å². The summed E-state index contributed by atoms with van der Waals surface area (Å²) in [6.45, 7) is 3.84. The molecule has 0 aliphatic rings. The van der Waals surface area contributed by atoms with Crippen molar-refractivity contribution < 1.29 is 9.18 Å². The van der Waals surface area contributed by atoms with E-state index in [1.807, 2.05) is 49.7 Å². The third-order valence-electron chi connectivity index (χ3n) is 4.65. The molecule has 0 aliphatic heterocycles. The van der Waals surface area contributed by atoms with Crippen molar-refractivity contribution in [3.63, 3.8) is 0 Å². The van der Waals surface area contributed by atoms with Crippen LogP contribution in [0.4, 0.5) is 10.1 Å². The standard InChI is InChI=1S/C21H21FN2O/c1-13-11-19(14(2)17-10-9-16(23)12-18(17)22)24(3)20(13)21(25)15-7-5-4-6-8-15/h4-12,14H,23H2,1-3H3. The fourth-order valence-corrected chi connectivity index (χ4v) is 3.31. The summed E-state index contributed by atoms with van der Waals surface area (Å²) in [7, 11) is 1.85.